The summed E-state index contributed by atoms with van der Waals surface area (Å²) in [5, 5.41) is 9.79. The van der Waals surface area contributed by atoms with E-state index < -0.39 is 0 Å². The van der Waals surface area contributed by atoms with Gasteiger partial charge in [-0.05, 0) is 58.5 Å². The number of aromatic nitrogens is 2. The number of nitrogens with zero attached hydrogens (tertiary/aromatic N) is 2. The summed E-state index contributed by atoms with van der Waals surface area (Å²) in [4.78, 5) is 3.09. The highest BCUT2D eigenvalue weighted by Gasteiger charge is 2.10. The molecule has 0 fully saturated rings. The largest absolute Gasteiger partial charge is 0.329 e. The van der Waals surface area contributed by atoms with Gasteiger partial charge in [0.05, 0.1) is 21.6 Å². The van der Waals surface area contributed by atoms with E-state index in [1.807, 2.05) is 28.8 Å². The van der Waals surface area contributed by atoms with Crippen LogP contribution in [0.25, 0.3) is 16.7 Å². The van der Waals surface area contributed by atoms with E-state index in [0.717, 1.165) is 21.2 Å². The van der Waals surface area contributed by atoms with Gasteiger partial charge in [0.15, 0.2) is 4.77 Å². The maximum Gasteiger partial charge on any atom is 0.182 e. The Kier molecular flexibility index (Phi) is 3.38. The first-order valence-corrected chi connectivity index (χ1v) is 7.29. The van der Waals surface area contributed by atoms with Crippen molar-refractivity contribution in [3.8, 4) is 11.8 Å². The zero-order chi connectivity index (χ0) is 14.3. The van der Waals surface area contributed by atoms with Crippen LogP contribution in [-0.2, 0) is 0 Å². The van der Waals surface area contributed by atoms with Crippen molar-refractivity contribution in [2.75, 3.05) is 0 Å². The lowest BCUT2D eigenvalue weighted by atomic mass is 10.2. The molecule has 0 aliphatic heterocycles. The molecular weight excluding hydrogens is 358 g/mol. The van der Waals surface area contributed by atoms with Gasteiger partial charge in [-0.15, -0.1) is 0 Å². The van der Waals surface area contributed by atoms with Crippen LogP contribution in [0.5, 0.6) is 0 Å². The summed E-state index contributed by atoms with van der Waals surface area (Å²) in [5.74, 6) is 0. The molecule has 6 heteroatoms. The number of imidazole rings is 1. The van der Waals surface area contributed by atoms with Crippen LogP contribution in [0.3, 0.4) is 0 Å². The maximum atomic E-state index is 9.15. The Morgan fingerprint density at radius 3 is 2.80 bits per heavy atom. The lowest BCUT2D eigenvalue weighted by Crippen LogP contribution is -1.94. The highest BCUT2D eigenvalue weighted by atomic mass is 79.9. The van der Waals surface area contributed by atoms with Gasteiger partial charge in [0.25, 0.3) is 0 Å². The molecule has 0 radical (unpaired) electrons. The average molecular weight is 365 g/mol. The molecule has 1 N–H and O–H groups in total. The van der Waals surface area contributed by atoms with Gasteiger partial charge in [0.1, 0.15) is 6.07 Å². The van der Waals surface area contributed by atoms with Crippen molar-refractivity contribution in [1.82, 2.24) is 9.55 Å². The summed E-state index contributed by atoms with van der Waals surface area (Å²) < 4.78 is 3.22. The second-order valence-electron chi connectivity index (χ2n) is 4.18. The van der Waals surface area contributed by atoms with Crippen molar-refractivity contribution < 1.29 is 0 Å². The van der Waals surface area contributed by atoms with Gasteiger partial charge in [-0.2, -0.15) is 5.26 Å². The molecule has 3 rings (SSSR count). The highest BCUT2D eigenvalue weighted by Crippen LogP contribution is 2.28. The molecule has 98 valence electrons. The number of nitriles is 1. The minimum Gasteiger partial charge on any atom is -0.329 e. The fourth-order valence-corrected chi connectivity index (χ4v) is 2.89. The Balaban J connectivity index is 2.37. The zero-order valence-corrected chi connectivity index (χ0v) is 13.2. The molecule has 0 aliphatic rings. The van der Waals surface area contributed by atoms with Gasteiger partial charge in [-0.3, -0.25) is 4.57 Å². The van der Waals surface area contributed by atoms with Gasteiger partial charge >= 0.3 is 0 Å². The maximum absolute atomic E-state index is 9.15. The first-order chi connectivity index (χ1) is 9.61. The predicted molar refractivity (Wildman–Crippen MR) is 85.9 cm³/mol. The standard InChI is InChI=1S/C14H7BrClN3S/c15-10-6-9(4-5-11(10)16)19-12-3-1-2-8(7-17)13(12)18-14(19)20/h1-6H,(H,18,20). The third kappa shape index (κ3) is 2.06. The second-order valence-corrected chi connectivity index (χ2v) is 5.82. The minimum absolute atomic E-state index is 0.539. The number of hydrogen-bond donors (Lipinski definition) is 1. The molecule has 0 bridgehead atoms. The van der Waals surface area contributed by atoms with Gasteiger partial charge < -0.3 is 4.98 Å². The van der Waals surface area contributed by atoms with Gasteiger partial charge in [0.2, 0.25) is 0 Å². The summed E-state index contributed by atoms with van der Waals surface area (Å²) in [6.07, 6.45) is 0. The van der Waals surface area contributed by atoms with E-state index in [4.69, 9.17) is 29.1 Å². The number of rotatable bonds is 1. The lowest BCUT2D eigenvalue weighted by Gasteiger charge is -2.06. The van der Waals surface area contributed by atoms with Crippen molar-refractivity contribution in [2.24, 2.45) is 0 Å². The van der Waals surface area contributed by atoms with E-state index in [9.17, 15) is 0 Å². The first kappa shape index (κ1) is 13.4. The monoisotopic (exact) mass is 363 g/mol. The Labute approximate surface area is 133 Å². The number of para-hydroxylation sites is 1. The number of aromatic amines is 1. The van der Waals surface area contributed by atoms with Crippen LogP contribution in [0.2, 0.25) is 5.02 Å². The van der Waals surface area contributed by atoms with Crippen molar-refractivity contribution in [3.63, 3.8) is 0 Å². The molecule has 0 unspecified atom stereocenters. The van der Waals surface area contributed by atoms with E-state index in [1.54, 1.807) is 12.1 Å². The van der Waals surface area contributed by atoms with Crippen molar-refractivity contribution >= 4 is 50.8 Å². The molecule has 0 saturated carbocycles. The van der Waals surface area contributed by atoms with E-state index in [-0.39, 0.29) is 0 Å². The molecule has 0 aliphatic carbocycles. The van der Waals surface area contributed by atoms with Gasteiger partial charge in [0, 0.05) is 10.2 Å². The first-order valence-electron chi connectivity index (χ1n) is 5.71. The topological polar surface area (TPSA) is 44.5 Å². The lowest BCUT2D eigenvalue weighted by molar-refractivity contribution is 1.06. The minimum atomic E-state index is 0.539. The van der Waals surface area contributed by atoms with E-state index in [0.29, 0.717) is 15.4 Å². The summed E-state index contributed by atoms with van der Waals surface area (Å²) in [7, 11) is 0. The highest BCUT2D eigenvalue weighted by molar-refractivity contribution is 9.10. The number of nitrogens with one attached hydrogen (secondary N) is 1. The Morgan fingerprint density at radius 1 is 1.30 bits per heavy atom. The van der Waals surface area contributed by atoms with Crippen molar-refractivity contribution in [3.05, 3.63) is 56.2 Å². The smallest absolute Gasteiger partial charge is 0.182 e. The molecule has 3 aromatic rings. The summed E-state index contributed by atoms with van der Waals surface area (Å²) in [6.45, 7) is 0. The SMILES string of the molecule is N#Cc1cccc2c1[nH]c(=S)n2-c1ccc(Cl)c(Br)c1. The average Bonchev–Trinajstić information content (AvgIpc) is 2.78. The van der Waals surface area contributed by atoms with Crippen LogP contribution in [0.15, 0.2) is 40.9 Å². The molecule has 3 nitrogen and oxygen atoms in total. The fourth-order valence-electron chi connectivity index (χ4n) is 2.10. The molecule has 0 saturated heterocycles. The Bertz CT molecular complexity index is 920. The van der Waals surface area contributed by atoms with Crippen LogP contribution in [0.1, 0.15) is 5.56 Å². The van der Waals surface area contributed by atoms with E-state index in [2.05, 4.69) is 27.0 Å². The molecular formula is C14H7BrClN3S. The van der Waals surface area contributed by atoms with Crippen molar-refractivity contribution in [2.45, 2.75) is 0 Å². The molecule has 2 aromatic carbocycles. The van der Waals surface area contributed by atoms with Crippen LogP contribution in [-0.4, -0.2) is 9.55 Å². The second kappa shape index (κ2) is 5.06. The van der Waals surface area contributed by atoms with E-state index >= 15 is 0 Å². The number of fused-ring (bicyclic) bond motifs is 1. The van der Waals surface area contributed by atoms with Crippen LogP contribution < -0.4 is 0 Å². The molecule has 1 aromatic heterocycles. The number of halogens is 2. The third-order valence-electron chi connectivity index (χ3n) is 3.00. The summed E-state index contributed by atoms with van der Waals surface area (Å²) in [5.41, 5.74) is 3.06. The molecule has 1 heterocycles. The Hall–Kier alpha value is -1.61. The summed E-state index contributed by atoms with van der Waals surface area (Å²) >= 11 is 14.8. The third-order valence-corrected chi connectivity index (χ3v) is 4.50. The molecule has 0 spiro atoms. The number of hydrogen-bond acceptors (Lipinski definition) is 2. The van der Waals surface area contributed by atoms with Gasteiger partial charge in [-0.1, -0.05) is 17.7 Å². The Morgan fingerprint density at radius 2 is 2.10 bits per heavy atom. The van der Waals surface area contributed by atoms with Crippen molar-refractivity contribution in [1.29, 1.82) is 5.26 Å². The predicted octanol–water partition coefficient (Wildman–Crippen LogP) is 4.98. The fraction of sp³-hybridized carbons (Fsp3) is 0. The normalized spacial score (nSPS) is 10.7. The zero-order valence-electron chi connectivity index (χ0n) is 10.0. The molecule has 0 atom stereocenters. The van der Waals surface area contributed by atoms with Gasteiger partial charge in [-0.25, -0.2) is 0 Å². The molecule has 20 heavy (non-hydrogen) atoms. The van der Waals surface area contributed by atoms with Crippen LogP contribution in [0.4, 0.5) is 0 Å². The summed E-state index contributed by atoms with van der Waals surface area (Å²) in [6, 6.07) is 13.3. The molecule has 0 amide bonds. The number of H-pyrrole nitrogens is 1. The van der Waals surface area contributed by atoms with E-state index in [1.165, 1.54) is 0 Å². The quantitative estimate of drug-likeness (QED) is 0.619. The number of benzene rings is 2. The van der Waals surface area contributed by atoms with Crippen LogP contribution in [0, 0.1) is 16.1 Å². The van der Waals surface area contributed by atoms with Crippen LogP contribution >= 0.6 is 39.7 Å².